The summed E-state index contributed by atoms with van der Waals surface area (Å²) < 4.78 is 10.1. The Hall–Kier alpha value is -1.36. The Morgan fingerprint density at radius 1 is 1.24 bits per heavy atom. The van der Waals surface area contributed by atoms with Crippen LogP contribution < -0.4 is 5.32 Å². The summed E-state index contributed by atoms with van der Waals surface area (Å²) in [7, 11) is 0. The zero-order chi connectivity index (χ0) is 12.8. The monoisotopic (exact) mass is 241 g/mol. The zero-order valence-corrected chi connectivity index (χ0v) is 10.4. The van der Waals surface area contributed by atoms with E-state index in [1.807, 2.05) is 12.2 Å². The van der Waals surface area contributed by atoms with Crippen LogP contribution in [-0.2, 0) is 19.1 Å². The lowest BCUT2D eigenvalue weighted by Crippen LogP contribution is -2.51. The van der Waals surface area contributed by atoms with Crippen LogP contribution in [0.5, 0.6) is 0 Å². The summed E-state index contributed by atoms with van der Waals surface area (Å²) in [6.07, 6.45) is 4.37. The summed E-state index contributed by atoms with van der Waals surface area (Å²) in [6.45, 7) is 4.98. The van der Waals surface area contributed by atoms with Gasteiger partial charge in [-0.2, -0.15) is 0 Å². The molecule has 0 saturated heterocycles. The van der Waals surface area contributed by atoms with Crippen LogP contribution in [0.3, 0.4) is 0 Å². The van der Waals surface area contributed by atoms with E-state index in [-0.39, 0.29) is 36.7 Å². The molecule has 5 heteroatoms. The summed E-state index contributed by atoms with van der Waals surface area (Å²) in [5.74, 6) is -0.680. The third kappa shape index (κ3) is 4.56. The first-order chi connectivity index (χ1) is 8.02. The van der Waals surface area contributed by atoms with E-state index in [0.29, 0.717) is 0 Å². The van der Waals surface area contributed by atoms with Crippen LogP contribution in [0.15, 0.2) is 12.2 Å². The molecule has 0 fully saturated rings. The van der Waals surface area contributed by atoms with E-state index in [1.165, 1.54) is 13.8 Å². The van der Waals surface area contributed by atoms with Gasteiger partial charge in [0.1, 0.15) is 12.7 Å². The molecule has 0 radical (unpaired) electrons. The molecular weight excluding hydrogens is 222 g/mol. The first-order valence-corrected chi connectivity index (χ1v) is 5.78. The van der Waals surface area contributed by atoms with Crippen LogP contribution in [0.1, 0.15) is 27.2 Å². The zero-order valence-electron chi connectivity index (χ0n) is 10.4. The second-order valence-corrected chi connectivity index (χ2v) is 4.05. The molecule has 1 N–H and O–H groups in total. The normalized spacial score (nSPS) is 27.6. The van der Waals surface area contributed by atoms with Gasteiger partial charge in [-0.1, -0.05) is 13.0 Å². The first-order valence-electron chi connectivity index (χ1n) is 5.78. The molecule has 1 aliphatic heterocycles. The van der Waals surface area contributed by atoms with Gasteiger partial charge in [-0.25, -0.2) is 0 Å². The SMILES string of the molecule is CC[C@@H]1C=C[C@H](OC(C)=O)[C@@H](COC(C)=O)N1. The van der Waals surface area contributed by atoms with Gasteiger partial charge in [0.05, 0.1) is 6.04 Å². The van der Waals surface area contributed by atoms with Gasteiger partial charge in [0, 0.05) is 19.9 Å². The molecule has 1 heterocycles. The average molecular weight is 241 g/mol. The molecule has 96 valence electrons. The van der Waals surface area contributed by atoms with Gasteiger partial charge < -0.3 is 14.8 Å². The lowest BCUT2D eigenvalue weighted by molar-refractivity contribution is -0.148. The number of ether oxygens (including phenoxy) is 2. The van der Waals surface area contributed by atoms with Crippen LogP contribution in [0.4, 0.5) is 0 Å². The van der Waals surface area contributed by atoms with E-state index in [4.69, 9.17) is 9.47 Å². The Kier molecular flexibility index (Phi) is 5.15. The molecule has 3 atom stereocenters. The quantitative estimate of drug-likeness (QED) is 0.582. The van der Waals surface area contributed by atoms with E-state index in [0.717, 1.165) is 6.42 Å². The molecule has 1 rings (SSSR count). The van der Waals surface area contributed by atoms with Crippen LogP contribution in [0.25, 0.3) is 0 Å². The Labute approximate surface area is 101 Å². The molecule has 1 aliphatic rings. The molecule has 0 aromatic carbocycles. The van der Waals surface area contributed by atoms with Crippen molar-refractivity contribution in [2.45, 2.75) is 45.4 Å². The van der Waals surface area contributed by atoms with E-state index in [2.05, 4.69) is 12.2 Å². The summed E-state index contributed by atoms with van der Waals surface area (Å²) >= 11 is 0. The fourth-order valence-electron chi connectivity index (χ4n) is 1.72. The highest BCUT2D eigenvalue weighted by Crippen LogP contribution is 2.12. The molecule has 0 aliphatic carbocycles. The molecule has 0 amide bonds. The van der Waals surface area contributed by atoms with Crippen molar-refractivity contribution in [3.8, 4) is 0 Å². The van der Waals surface area contributed by atoms with E-state index in [1.54, 1.807) is 0 Å². The third-order valence-electron chi connectivity index (χ3n) is 2.57. The van der Waals surface area contributed by atoms with Gasteiger partial charge in [0.2, 0.25) is 0 Å². The van der Waals surface area contributed by atoms with Gasteiger partial charge in [-0.15, -0.1) is 0 Å². The lowest BCUT2D eigenvalue weighted by atomic mass is 10.0. The van der Waals surface area contributed by atoms with Crippen LogP contribution >= 0.6 is 0 Å². The predicted octanol–water partition coefficient (Wildman–Crippen LogP) is 0.788. The highest BCUT2D eigenvalue weighted by atomic mass is 16.6. The number of hydrogen-bond donors (Lipinski definition) is 1. The largest absolute Gasteiger partial charge is 0.464 e. The summed E-state index contributed by atoms with van der Waals surface area (Å²) in [6, 6.07) is 0.0418. The second kappa shape index (κ2) is 6.39. The lowest BCUT2D eigenvalue weighted by Gasteiger charge is -2.31. The van der Waals surface area contributed by atoms with Gasteiger partial charge in [0.15, 0.2) is 0 Å². The Morgan fingerprint density at radius 2 is 1.94 bits per heavy atom. The van der Waals surface area contributed by atoms with Crippen molar-refractivity contribution in [2.75, 3.05) is 6.61 Å². The van der Waals surface area contributed by atoms with Crippen molar-refractivity contribution >= 4 is 11.9 Å². The van der Waals surface area contributed by atoms with Crippen molar-refractivity contribution in [2.24, 2.45) is 0 Å². The second-order valence-electron chi connectivity index (χ2n) is 4.05. The molecular formula is C12H19NO4. The highest BCUT2D eigenvalue weighted by molar-refractivity contribution is 5.67. The maximum Gasteiger partial charge on any atom is 0.303 e. The Balaban J connectivity index is 2.62. The van der Waals surface area contributed by atoms with E-state index in [9.17, 15) is 9.59 Å². The molecule has 0 aromatic rings. The molecule has 0 saturated carbocycles. The van der Waals surface area contributed by atoms with Crippen molar-refractivity contribution in [3.63, 3.8) is 0 Å². The van der Waals surface area contributed by atoms with Crippen molar-refractivity contribution in [3.05, 3.63) is 12.2 Å². The molecule has 0 spiro atoms. The third-order valence-corrected chi connectivity index (χ3v) is 2.57. The van der Waals surface area contributed by atoms with Crippen LogP contribution in [0.2, 0.25) is 0 Å². The average Bonchev–Trinajstić information content (AvgIpc) is 2.27. The van der Waals surface area contributed by atoms with Crippen molar-refractivity contribution in [1.82, 2.24) is 5.32 Å². The molecule has 0 bridgehead atoms. The van der Waals surface area contributed by atoms with Gasteiger partial charge in [0.25, 0.3) is 0 Å². The number of hydrogen-bond acceptors (Lipinski definition) is 5. The predicted molar refractivity (Wildman–Crippen MR) is 62.3 cm³/mol. The topological polar surface area (TPSA) is 64.6 Å². The maximum absolute atomic E-state index is 11.0. The van der Waals surface area contributed by atoms with Gasteiger partial charge in [-0.3, -0.25) is 9.59 Å². The van der Waals surface area contributed by atoms with Crippen LogP contribution in [-0.4, -0.2) is 36.7 Å². The fourth-order valence-corrected chi connectivity index (χ4v) is 1.72. The summed E-state index contributed by atoms with van der Waals surface area (Å²) in [5, 5.41) is 3.27. The smallest absolute Gasteiger partial charge is 0.303 e. The Bertz CT molecular complexity index is 314. The van der Waals surface area contributed by atoms with Crippen molar-refractivity contribution < 1.29 is 19.1 Å². The molecule has 0 unspecified atom stereocenters. The molecule has 17 heavy (non-hydrogen) atoms. The Morgan fingerprint density at radius 3 is 2.47 bits per heavy atom. The van der Waals surface area contributed by atoms with Crippen LogP contribution in [0, 0.1) is 0 Å². The van der Waals surface area contributed by atoms with Crippen molar-refractivity contribution in [1.29, 1.82) is 0 Å². The summed E-state index contributed by atoms with van der Waals surface area (Å²) in [4.78, 5) is 21.7. The number of carbonyl (C=O) groups is 2. The number of rotatable bonds is 4. The number of carbonyl (C=O) groups excluding carboxylic acids is 2. The minimum atomic E-state index is -0.380. The van der Waals surface area contributed by atoms with Gasteiger partial charge in [-0.05, 0) is 12.5 Å². The number of esters is 2. The minimum absolute atomic E-state index is 0.183. The summed E-state index contributed by atoms with van der Waals surface area (Å²) in [5.41, 5.74) is 0. The maximum atomic E-state index is 11.0. The molecule has 5 nitrogen and oxygen atoms in total. The van der Waals surface area contributed by atoms with Gasteiger partial charge >= 0.3 is 11.9 Å². The van der Waals surface area contributed by atoms with E-state index < -0.39 is 0 Å². The molecule has 0 aromatic heterocycles. The highest BCUT2D eigenvalue weighted by Gasteiger charge is 2.28. The minimum Gasteiger partial charge on any atom is -0.464 e. The van der Waals surface area contributed by atoms with E-state index >= 15 is 0 Å². The number of nitrogens with one attached hydrogen (secondary N) is 1. The standard InChI is InChI=1S/C12H19NO4/c1-4-10-5-6-12(17-9(3)15)11(13-10)7-16-8(2)14/h5-6,10-13H,4,7H2,1-3H3/t10-,11-,12+/m1/s1. The fraction of sp³-hybridized carbons (Fsp3) is 0.667. The first kappa shape index (κ1) is 13.7.